The van der Waals surface area contributed by atoms with Crippen LogP contribution in [0, 0.1) is 0 Å². The number of ketones is 3. The lowest BCUT2D eigenvalue weighted by atomic mass is 9.73. The van der Waals surface area contributed by atoms with Crippen molar-refractivity contribution in [3.63, 3.8) is 0 Å². The highest BCUT2D eigenvalue weighted by Gasteiger charge is 2.69. The molecule has 0 aromatic heterocycles. The van der Waals surface area contributed by atoms with Crippen LogP contribution in [0.25, 0.3) is 0 Å². The number of benzene rings is 5. The Morgan fingerprint density at radius 3 is 1.44 bits per heavy atom. The quantitative estimate of drug-likeness (QED) is 0.0731. The molecule has 294 valence electrons. The summed E-state index contributed by atoms with van der Waals surface area (Å²) in [4.78, 5) is 63.7. The monoisotopic (exact) mass is 773 g/mol. The molecule has 57 heavy (non-hydrogen) atoms. The summed E-state index contributed by atoms with van der Waals surface area (Å²) >= 11 is 0. The fourth-order valence-corrected chi connectivity index (χ4v) is 6.61. The topological polar surface area (TPSA) is 199 Å². The molecule has 0 spiro atoms. The zero-order chi connectivity index (χ0) is 41.2. The summed E-state index contributed by atoms with van der Waals surface area (Å²) in [6.45, 7) is 3.84. The average Bonchev–Trinajstić information content (AvgIpc) is 3.25. The van der Waals surface area contributed by atoms with Gasteiger partial charge in [0, 0.05) is 29.8 Å². The van der Waals surface area contributed by atoms with Crippen LogP contribution in [0.5, 0.6) is 5.75 Å². The Morgan fingerprint density at radius 1 is 0.614 bits per heavy atom. The minimum atomic E-state index is -3.95. The SMILES string of the molecule is C[C@@H](C(=O)c1ccc(OCc2ccccc2)cc1)N1CCC(O)(c2ccccc2)CC1.O=C(O)C(O)(C(=O)c1ccccc1)C(O)(C(=O)O)C(=O)c1ccccc1. The minimum absolute atomic E-state index is 0.0970. The Labute approximate surface area is 329 Å². The number of likely N-dealkylation sites (tertiary alicyclic amines) is 1. The maximum Gasteiger partial charge on any atom is 0.348 e. The van der Waals surface area contributed by atoms with Crippen molar-refractivity contribution in [1.29, 1.82) is 0 Å². The summed E-state index contributed by atoms with van der Waals surface area (Å²) in [5.74, 6) is -7.18. The number of carbonyl (C=O) groups excluding carboxylic acids is 3. The molecule has 1 aliphatic heterocycles. The number of aliphatic carboxylic acids is 2. The van der Waals surface area contributed by atoms with E-state index in [0.29, 0.717) is 38.1 Å². The second-order valence-electron chi connectivity index (χ2n) is 13.7. The van der Waals surface area contributed by atoms with Crippen LogP contribution in [-0.4, -0.2) is 90.1 Å². The Bertz CT molecular complexity index is 2080. The van der Waals surface area contributed by atoms with Crippen molar-refractivity contribution in [3.05, 3.63) is 173 Å². The van der Waals surface area contributed by atoms with E-state index >= 15 is 0 Å². The molecule has 12 nitrogen and oxygen atoms in total. The number of nitrogens with zero attached hydrogens (tertiary/aromatic N) is 1. The maximum absolute atomic E-state index is 13.0. The summed E-state index contributed by atoms with van der Waals surface area (Å²) < 4.78 is 5.82. The number of Topliss-reactive ketones (excluding diaryl/α,β-unsaturated/α-hetero) is 3. The summed E-state index contributed by atoms with van der Waals surface area (Å²) in [6, 6.07) is 39.8. The van der Waals surface area contributed by atoms with Gasteiger partial charge in [-0.3, -0.25) is 19.3 Å². The Kier molecular flexibility index (Phi) is 13.3. The third kappa shape index (κ3) is 9.06. The molecule has 5 aromatic rings. The molecule has 1 saturated heterocycles. The van der Waals surface area contributed by atoms with Gasteiger partial charge in [-0.25, -0.2) is 9.59 Å². The van der Waals surface area contributed by atoms with Crippen LogP contribution < -0.4 is 4.74 Å². The van der Waals surface area contributed by atoms with Crippen molar-refractivity contribution >= 4 is 29.3 Å². The van der Waals surface area contributed by atoms with Crippen LogP contribution in [0.4, 0.5) is 0 Å². The second-order valence-corrected chi connectivity index (χ2v) is 13.7. The Hall–Kier alpha value is -6.31. The van der Waals surface area contributed by atoms with Gasteiger partial charge in [-0.2, -0.15) is 0 Å². The number of carboxylic acid groups (broad SMARTS) is 2. The first-order valence-corrected chi connectivity index (χ1v) is 18.2. The summed E-state index contributed by atoms with van der Waals surface area (Å²) in [6.07, 6.45) is 1.25. The molecule has 1 fully saturated rings. The van der Waals surface area contributed by atoms with Crippen molar-refractivity contribution in [1.82, 2.24) is 4.90 Å². The van der Waals surface area contributed by atoms with Gasteiger partial charge in [0.05, 0.1) is 11.6 Å². The molecular formula is C45H43NO11. The third-order valence-corrected chi connectivity index (χ3v) is 10.1. The van der Waals surface area contributed by atoms with Gasteiger partial charge in [0.15, 0.2) is 5.78 Å². The smallest absolute Gasteiger partial charge is 0.348 e. The summed E-state index contributed by atoms with van der Waals surface area (Å²) in [5, 5.41) is 50.9. The van der Waals surface area contributed by atoms with Crippen LogP contribution in [-0.2, 0) is 21.8 Å². The van der Waals surface area contributed by atoms with Gasteiger partial charge >= 0.3 is 11.9 Å². The molecular weight excluding hydrogens is 730 g/mol. The van der Waals surface area contributed by atoms with Gasteiger partial charge in [0.25, 0.3) is 11.2 Å². The normalized spacial score (nSPS) is 16.3. The average molecular weight is 774 g/mol. The lowest BCUT2D eigenvalue weighted by Gasteiger charge is -2.40. The van der Waals surface area contributed by atoms with Crippen LogP contribution in [0.1, 0.15) is 62.0 Å². The lowest BCUT2D eigenvalue weighted by Crippen LogP contribution is -2.71. The number of ether oxygens (including phenoxy) is 1. The molecule has 0 amide bonds. The van der Waals surface area contributed by atoms with Gasteiger partial charge in [0.1, 0.15) is 12.4 Å². The fraction of sp³-hybridized carbons (Fsp3) is 0.222. The number of carboxylic acids is 2. The van der Waals surface area contributed by atoms with E-state index in [1.54, 1.807) is 0 Å². The lowest BCUT2D eigenvalue weighted by molar-refractivity contribution is -0.187. The molecule has 1 heterocycles. The van der Waals surface area contributed by atoms with Crippen LogP contribution in [0.15, 0.2) is 146 Å². The van der Waals surface area contributed by atoms with Gasteiger partial charge in [0.2, 0.25) is 11.6 Å². The van der Waals surface area contributed by atoms with Gasteiger partial charge in [-0.05, 0) is 55.2 Å². The molecule has 12 heteroatoms. The Morgan fingerprint density at radius 2 is 1.02 bits per heavy atom. The Balaban J connectivity index is 0.000000221. The highest BCUT2D eigenvalue weighted by molar-refractivity contribution is 6.28. The van der Waals surface area contributed by atoms with E-state index in [2.05, 4.69) is 4.90 Å². The third-order valence-electron chi connectivity index (χ3n) is 10.1. The first-order chi connectivity index (χ1) is 27.2. The first-order valence-electron chi connectivity index (χ1n) is 18.2. The molecule has 5 N–H and O–H groups in total. The second kappa shape index (κ2) is 18.1. The maximum atomic E-state index is 13.0. The number of hydrogen-bond donors (Lipinski definition) is 5. The standard InChI is InChI=1S/C27H29NO3.C18H14O8/c1-21(28-18-16-27(30,17-19-28)24-10-6-3-7-11-24)26(29)23-12-14-25(15-13-23)31-20-22-8-4-2-5-9-22;19-13(11-7-3-1-4-8-11)17(25,15(21)22)18(26,16(23)24)14(20)12-9-5-2-6-10-12/h2-15,21,30H,16-20H2,1H3;1-10,25-26H,(H,21,22)(H,23,24)/t21-;/m0./s1. The van der Waals surface area contributed by atoms with Crippen molar-refractivity contribution in [2.75, 3.05) is 13.1 Å². The van der Waals surface area contributed by atoms with Crippen molar-refractivity contribution in [3.8, 4) is 5.75 Å². The molecule has 2 unspecified atom stereocenters. The van der Waals surface area contributed by atoms with Crippen LogP contribution in [0.3, 0.4) is 0 Å². The first kappa shape index (κ1) is 41.8. The molecule has 5 aromatic carbocycles. The zero-order valence-corrected chi connectivity index (χ0v) is 31.1. The van der Waals surface area contributed by atoms with E-state index in [4.69, 9.17) is 4.74 Å². The number of carbonyl (C=O) groups is 5. The summed E-state index contributed by atoms with van der Waals surface area (Å²) in [5.41, 5.74) is -6.74. The van der Waals surface area contributed by atoms with Crippen LogP contribution in [0.2, 0.25) is 0 Å². The highest BCUT2D eigenvalue weighted by Crippen LogP contribution is 2.34. The minimum Gasteiger partial charge on any atom is -0.489 e. The molecule has 1 aliphatic rings. The van der Waals surface area contributed by atoms with Gasteiger partial charge in [-0.1, -0.05) is 121 Å². The van der Waals surface area contributed by atoms with E-state index in [1.807, 2.05) is 91.9 Å². The largest absolute Gasteiger partial charge is 0.489 e. The van der Waals surface area contributed by atoms with E-state index in [9.17, 15) is 49.5 Å². The van der Waals surface area contributed by atoms with E-state index < -0.39 is 51.4 Å². The van der Waals surface area contributed by atoms with E-state index in [-0.39, 0.29) is 11.8 Å². The predicted molar refractivity (Wildman–Crippen MR) is 209 cm³/mol. The molecule has 0 aliphatic carbocycles. The van der Waals surface area contributed by atoms with E-state index in [1.165, 1.54) is 36.4 Å². The zero-order valence-electron chi connectivity index (χ0n) is 31.1. The van der Waals surface area contributed by atoms with Crippen molar-refractivity contribution in [2.24, 2.45) is 0 Å². The molecule has 6 rings (SSSR count). The van der Waals surface area contributed by atoms with Gasteiger partial charge in [-0.15, -0.1) is 0 Å². The number of piperidine rings is 1. The molecule has 0 saturated carbocycles. The molecule has 3 atom stereocenters. The van der Waals surface area contributed by atoms with Gasteiger partial charge < -0.3 is 30.3 Å². The number of rotatable bonds is 14. The van der Waals surface area contributed by atoms with Crippen molar-refractivity contribution in [2.45, 2.75) is 49.2 Å². The number of hydrogen-bond acceptors (Lipinski definition) is 10. The fourth-order valence-electron chi connectivity index (χ4n) is 6.61. The summed E-state index contributed by atoms with van der Waals surface area (Å²) in [7, 11) is 0. The molecule has 0 radical (unpaired) electrons. The molecule has 0 bridgehead atoms. The van der Waals surface area contributed by atoms with E-state index in [0.717, 1.165) is 41.1 Å². The highest BCUT2D eigenvalue weighted by atomic mass is 16.5. The van der Waals surface area contributed by atoms with Crippen LogP contribution >= 0.6 is 0 Å². The number of aliphatic hydroxyl groups is 3. The predicted octanol–water partition coefficient (Wildman–Crippen LogP) is 5.20. The van der Waals surface area contributed by atoms with Crippen molar-refractivity contribution < 1.29 is 54.2 Å².